The number of benzene rings is 1. The maximum atomic E-state index is 12.4. The van der Waals surface area contributed by atoms with Crippen molar-refractivity contribution >= 4 is 5.91 Å². The van der Waals surface area contributed by atoms with Crippen molar-refractivity contribution in [1.29, 1.82) is 0 Å². The predicted octanol–water partition coefficient (Wildman–Crippen LogP) is 2.49. The van der Waals surface area contributed by atoms with Crippen LogP contribution in [0.1, 0.15) is 30.1 Å². The van der Waals surface area contributed by atoms with Gasteiger partial charge in [-0.2, -0.15) is 0 Å². The second-order valence-corrected chi connectivity index (χ2v) is 6.56. The number of aromatic nitrogens is 1. The summed E-state index contributed by atoms with van der Waals surface area (Å²) in [5.41, 5.74) is 1.21. The fourth-order valence-electron chi connectivity index (χ4n) is 3.19. The van der Waals surface area contributed by atoms with Crippen LogP contribution < -0.4 is 5.32 Å². The van der Waals surface area contributed by atoms with Gasteiger partial charge in [-0.3, -0.25) is 9.69 Å². The maximum Gasteiger partial charge on any atom is 0.273 e. The van der Waals surface area contributed by atoms with E-state index in [1.165, 1.54) is 0 Å². The molecule has 25 heavy (non-hydrogen) atoms. The average Bonchev–Trinajstić information content (AvgIpc) is 2.97. The zero-order valence-electron chi connectivity index (χ0n) is 15.0. The van der Waals surface area contributed by atoms with Gasteiger partial charge in [0.2, 0.25) is 5.89 Å². The van der Waals surface area contributed by atoms with E-state index in [0.717, 1.165) is 25.2 Å². The molecule has 1 fully saturated rings. The lowest BCUT2D eigenvalue weighted by Crippen LogP contribution is -2.47. The average molecular weight is 343 g/mol. The second kappa shape index (κ2) is 7.80. The van der Waals surface area contributed by atoms with Crippen LogP contribution in [0.4, 0.5) is 0 Å². The quantitative estimate of drug-likeness (QED) is 0.903. The summed E-state index contributed by atoms with van der Waals surface area (Å²) in [6, 6.07) is 9.58. The molecule has 2 atom stereocenters. The highest BCUT2D eigenvalue weighted by atomic mass is 16.5. The normalized spacial score (nSPS) is 21.2. The van der Waals surface area contributed by atoms with Gasteiger partial charge in [0.15, 0.2) is 5.69 Å². The Morgan fingerprint density at radius 2 is 1.92 bits per heavy atom. The van der Waals surface area contributed by atoms with E-state index in [4.69, 9.17) is 9.15 Å². The minimum absolute atomic E-state index is 0.196. The van der Waals surface area contributed by atoms with Crippen molar-refractivity contribution in [2.75, 3.05) is 26.2 Å². The SMILES string of the molecule is Cc1oc(-c2ccccc2)nc1C(=O)NCCN1C[C@H](C)O[C@@H](C)C1. The molecule has 1 N–H and O–H groups in total. The lowest BCUT2D eigenvalue weighted by molar-refractivity contribution is -0.0672. The van der Waals surface area contributed by atoms with Gasteiger partial charge in [-0.1, -0.05) is 18.2 Å². The molecule has 0 saturated carbocycles. The van der Waals surface area contributed by atoms with Crippen LogP contribution in [0.5, 0.6) is 0 Å². The summed E-state index contributed by atoms with van der Waals surface area (Å²) in [4.78, 5) is 19.1. The van der Waals surface area contributed by atoms with Gasteiger partial charge in [0.1, 0.15) is 5.76 Å². The molecule has 1 saturated heterocycles. The van der Waals surface area contributed by atoms with E-state index in [0.29, 0.717) is 23.9 Å². The molecule has 0 bridgehead atoms. The number of carbonyl (C=O) groups excluding carboxylic acids is 1. The number of carbonyl (C=O) groups is 1. The minimum Gasteiger partial charge on any atom is -0.441 e. The molecule has 2 heterocycles. The van der Waals surface area contributed by atoms with Gasteiger partial charge >= 0.3 is 0 Å². The fourth-order valence-corrected chi connectivity index (χ4v) is 3.19. The molecule has 0 aliphatic carbocycles. The van der Waals surface area contributed by atoms with Crippen molar-refractivity contribution in [2.45, 2.75) is 33.0 Å². The van der Waals surface area contributed by atoms with E-state index < -0.39 is 0 Å². The topological polar surface area (TPSA) is 67.6 Å². The molecule has 0 radical (unpaired) electrons. The van der Waals surface area contributed by atoms with Crippen LogP contribution in [-0.4, -0.2) is 54.2 Å². The first kappa shape index (κ1) is 17.6. The molecule has 1 aromatic heterocycles. The standard InChI is InChI=1S/C19H25N3O3/c1-13-11-22(12-14(2)24-13)10-9-20-18(23)17-15(3)25-19(21-17)16-7-5-4-6-8-16/h4-8,13-14H,9-12H2,1-3H3,(H,20,23)/t13-,14-/m0/s1. The number of oxazole rings is 1. The van der Waals surface area contributed by atoms with Gasteiger partial charge in [0.05, 0.1) is 12.2 Å². The number of nitrogens with one attached hydrogen (secondary N) is 1. The Morgan fingerprint density at radius 3 is 2.60 bits per heavy atom. The summed E-state index contributed by atoms with van der Waals surface area (Å²) < 4.78 is 11.4. The van der Waals surface area contributed by atoms with Crippen molar-refractivity contribution in [3.8, 4) is 11.5 Å². The van der Waals surface area contributed by atoms with Crippen LogP contribution in [0.15, 0.2) is 34.7 Å². The van der Waals surface area contributed by atoms with Crippen molar-refractivity contribution in [3.63, 3.8) is 0 Å². The molecular formula is C19H25N3O3. The predicted molar refractivity (Wildman–Crippen MR) is 95.5 cm³/mol. The van der Waals surface area contributed by atoms with Crippen LogP contribution >= 0.6 is 0 Å². The summed E-state index contributed by atoms with van der Waals surface area (Å²) in [6.45, 7) is 9.07. The number of aryl methyl sites for hydroxylation is 1. The Morgan fingerprint density at radius 1 is 1.24 bits per heavy atom. The highest BCUT2D eigenvalue weighted by molar-refractivity contribution is 5.93. The zero-order chi connectivity index (χ0) is 17.8. The van der Waals surface area contributed by atoms with Crippen molar-refractivity contribution in [1.82, 2.24) is 15.2 Å². The number of hydrogen-bond donors (Lipinski definition) is 1. The zero-order valence-corrected chi connectivity index (χ0v) is 15.0. The van der Waals surface area contributed by atoms with Crippen LogP contribution in [0, 0.1) is 6.92 Å². The number of rotatable bonds is 5. The number of nitrogens with zero attached hydrogens (tertiary/aromatic N) is 2. The van der Waals surface area contributed by atoms with Crippen molar-refractivity contribution in [3.05, 3.63) is 41.8 Å². The molecule has 1 aliphatic rings. The number of ether oxygens (including phenoxy) is 1. The Bertz CT molecular complexity index is 704. The van der Waals surface area contributed by atoms with Gasteiger partial charge in [-0.25, -0.2) is 4.98 Å². The van der Waals surface area contributed by atoms with Gasteiger partial charge in [-0.05, 0) is 32.9 Å². The molecule has 6 heteroatoms. The van der Waals surface area contributed by atoms with E-state index in [1.54, 1.807) is 6.92 Å². The Balaban J connectivity index is 1.56. The van der Waals surface area contributed by atoms with Gasteiger partial charge in [0, 0.05) is 31.7 Å². The maximum absolute atomic E-state index is 12.4. The molecule has 6 nitrogen and oxygen atoms in total. The summed E-state index contributed by atoms with van der Waals surface area (Å²) >= 11 is 0. The molecule has 134 valence electrons. The molecule has 0 spiro atoms. The smallest absolute Gasteiger partial charge is 0.273 e. The number of amides is 1. The minimum atomic E-state index is -0.196. The summed E-state index contributed by atoms with van der Waals surface area (Å²) in [7, 11) is 0. The molecule has 2 aromatic rings. The highest BCUT2D eigenvalue weighted by Gasteiger charge is 2.22. The Kier molecular flexibility index (Phi) is 5.50. The molecular weight excluding hydrogens is 318 g/mol. The molecule has 1 aliphatic heterocycles. The van der Waals surface area contributed by atoms with Gasteiger partial charge < -0.3 is 14.5 Å². The number of morpholine rings is 1. The lowest BCUT2D eigenvalue weighted by Gasteiger charge is -2.35. The Labute approximate surface area is 148 Å². The summed E-state index contributed by atoms with van der Waals surface area (Å²) in [5, 5.41) is 2.94. The molecule has 1 amide bonds. The van der Waals surface area contributed by atoms with E-state index in [2.05, 4.69) is 29.0 Å². The summed E-state index contributed by atoms with van der Waals surface area (Å²) in [6.07, 6.45) is 0.455. The van der Waals surface area contributed by atoms with Gasteiger partial charge in [-0.15, -0.1) is 0 Å². The van der Waals surface area contributed by atoms with Crippen molar-refractivity contribution < 1.29 is 13.9 Å². The van der Waals surface area contributed by atoms with Crippen LogP contribution in [0.25, 0.3) is 11.5 Å². The fraction of sp³-hybridized carbons (Fsp3) is 0.474. The number of hydrogen-bond acceptors (Lipinski definition) is 5. The highest BCUT2D eigenvalue weighted by Crippen LogP contribution is 2.21. The first-order valence-electron chi connectivity index (χ1n) is 8.72. The van der Waals surface area contributed by atoms with E-state index in [1.807, 2.05) is 30.3 Å². The van der Waals surface area contributed by atoms with Crippen molar-refractivity contribution in [2.24, 2.45) is 0 Å². The lowest BCUT2D eigenvalue weighted by atomic mass is 10.2. The van der Waals surface area contributed by atoms with E-state index in [9.17, 15) is 4.79 Å². The monoisotopic (exact) mass is 343 g/mol. The molecule has 3 rings (SSSR count). The third-order valence-corrected chi connectivity index (χ3v) is 4.24. The van der Waals surface area contributed by atoms with Gasteiger partial charge in [0.25, 0.3) is 5.91 Å². The molecule has 1 aromatic carbocycles. The first-order valence-corrected chi connectivity index (χ1v) is 8.72. The van der Waals surface area contributed by atoms with Crippen LogP contribution in [0.3, 0.4) is 0 Å². The van der Waals surface area contributed by atoms with E-state index >= 15 is 0 Å². The third-order valence-electron chi connectivity index (χ3n) is 4.24. The summed E-state index contributed by atoms with van der Waals surface area (Å²) in [5.74, 6) is 0.807. The Hall–Kier alpha value is -2.18. The van der Waals surface area contributed by atoms with Crippen LogP contribution in [-0.2, 0) is 4.74 Å². The first-order chi connectivity index (χ1) is 12.0. The molecule has 0 unspecified atom stereocenters. The second-order valence-electron chi connectivity index (χ2n) is 6.56. The third kappa shape index (κ3) is 4.46. The largest absolute Gasteiger partial charge is 0.441 e. The van der Waals surface area contributed by atoms with E-state index in [-0.39, 0.29) is 18.1 Å². The van der Waals surface area contributed by atoms with Crippen LogP contribution in [0.2, 0.25) is 0 Å².